The monoisotopic (exact) mass is 716 g/mol. The van der Waals surface area contributed by atoms with Crippen molar-refractivity contribution in [3.05, 3.63) is 144 Å². The maximum atomic E-state index is 10.1. The maximum absolute atomic E-state index is 10.1. The Morgan fingerprint density at radius 1 is 0.324 bits per heavy atom. The number of carboxylic acid groups (broad SMARTS) is 4. The van der Waals surface area contributed by atoms with Crippen molar-refractivity contribution in [3.8, 4) is 0 Å². The molecule has 0 aliphatic heterocycles. The Labute approximate surface area is 245 Å². The van der Waals surface area contributed by atoms with Gasteiger partial charge in [0.2, 0.25) is 0 Å². The van der Waals surface area contributed by atoms with Crippen LogP contribution < -0.4 is 20.4 Å². The Kier molecular flexibility index (Phi) is 17.3. The van der Waals surface area contributed by atoms with Gasteiger partial charge in [0.1, 0.15) is 0 Å². The van der Waals surface area contributed by atoms with E-state index in [0.29, 0.717) is 0 Å². The summed E-state index contributed by atoms with van der Waals surface area (Å²) in [5.41, 5.74) is 0.880. The van der Waals surface area contributed by atoms with E-state index in [4.69, 9.17) is 0 Å². The van der Waals surface area contributed by atoms with Gasteiger partial charge in [-0.1, -0.05) is 121 Å². The van der Waals surface area contributed by atoms with E-state index in [0.717, 1.165) is 0 Å². The Morgan fingerprint density at radius 3 is 0.541 bits per heavy atom. The molecule has 9 heteroatoms. The van der Waals surface area contributed by atoms with Gasteiger partial charge in [0, 0.05) is 0 Å². The van der Waals surface area contributed by atoms with Gasteiger partial charge < -0.3 is 39.6 Å². The van der Waals surface area contributed by atoms with Crippen LogP contribution in [0.2, 0.25) is 0 Å². The predicted molar refractivity (Wildman–Crippen MR) is 123 cm³/mol. The molecule has 0 aromatic heterocycles. The molecule has 4 aromatic carbocycles. The average molecular weight is 716 g/mol. The molecule has 0 amide bonds. The molecule has 0 radical (unpaired) electrons. The molecule has 184 valence electrons. The number of hydrogen-bond acceptors (Lipinski definition) is 8. The van der Waals surface area contributed by atoms with E-state index in [1.807, 2.05) is 0 Å². The molecule has 0 N–H and O–H groups in total. The van der Waals surface area contributed by atoms with Crippen molar-refractivity contribution in [1.82, 2.24) is 0 Å². The van der Waals surface area contributed by atoms with Gasteiger partial charge in [-0.25, -0.2) is 0 Å². The van der Waals surface area contributed by atoms with Crippen molar-refractivity contribution in [2.75, 3.05) is 0 Å². The van der Waals surface area contributed by atoms with Crippen LogP contribution in [-0.4, -0.2) is 23.9 Å². The standard InChI is InChI=1S/4C7H6O2.Th/c4*8-7(9)6-4-2-1-3-5-6;/h4*1-5H,(H,8,9);/q;;;;+4/p-4. The first-order valence-corrected chi connectivity index (χ1v) is 10.3. The third kappa shape index (κ3) is 14.9. The van der Waals surface area contributed by atoms with Crippen molar-refractivity contribution < 1.29 is 79.5 Å². The van der Waals surface area contributed by atoms with Gasteiger partial charge in [0.15, 0.2) is 0 Å². The van der Waals surface area contributed by atoms with E-state index in [2.05, 4.69) is 0 Å². The molecule has 0 fully saturated rings. The Balaban J connectivity index is 0.000000463. The van der Waals surface area contributed by atoms with Crippen LogP contribution in [0, 0.1) is 39.9 Å². The minimum Gasteiger partial charge on any atom is -0.545 e. The first-order valence-electron chi connectivity index (χ1n) is 10.3. The summed E-state index contributed by atoms with van der Waals surface area (Å²) in [7, 11) is 0. The number of carbonyl (C=O) groups is 4. The fourth-order valence-corrected chi connectivity index (χ4v) is 2.30. The van der Waals surface area contributed by atoms with Crippen molar-refractivity contribution in [3.63, 3.8) is 0 Å². The van der Waals surface area contributed by atoms with E-state index in [1.54, 1.807) is 72.8 Å². The van der Waals surface area contributed by atoms with Crippen molar-refractivity contribution in [2.45, 2.75) is 0 Å². The molecule has 0 spiro atoms. The summed E-state index contributed by atoms with van der Waals surface area (Å²) in [4.78, 5) is 40.4. The molecule has 0 saturated heterocycles. The van der Waals surface area contributed by atoms with Crippen LogP contribution in [-0.2, 0) is 0 Å². The largest absolute Gasteiger partial charge is 4.00 e. The van der Waals surface area contributed by atoms with Crippen molar-refractivity contribution >= 4 is 23.9 Å². The minimum atomic E-state index is -1.13. The summed E-state index contributed by atoms with van der Waals surface area (Å²) < 4.78 is 0. The normalized spacial score (nSPS) is 8.65. The zero-order valence-corrected chi connectivity index (χ0v) is 23.4. The number of carbonyl (C=O) groups excluding carboxylic acids is 4. The number of hydrogen-bond donors (Lipinski definition) is 0. The van der Waals surface area contributed by atoms with Crippen LogP contribution in [0.4, 0.5) is 0 Å². The smallest absolute Gasteiger partial charge is 0.545 e. The van der Waals surface area contributed by atoms with Gasteiger partial charge in [-0.2, -0.15) is 0 Å². The van der Waals surface area contributed by atoms with Crippen LogP contribution in [0.3, 0.4) is 0 Å². The molecule has 0 saturated carbocycles. The second kappa shape index (κ2) is 19.3. The van der Waals surface area contributed by atoms with E-state index in [1.165, 1.54) is 48.5 Å². The van der Waals surface area contributed by atoms with E-state index < -0.39 is 23.9 Å². The topological polar surface area (TPSA) is 161 Å². The third-order valence-electron chi connectivity index (χ3n) is 4.04. The van der Waals surface area contributed by atoms with Crippen LogP contribution in [0.1, 0.15) is 41.4 Å². The Bertz CT molecular complexity index is 1020. The van der Waals surface area contributed by atoms with Crippen LogP contribution in [0.15, 0.2) is 121 Å². The van der Waals surface area contributed by atoms with E-state index >= 15 is 0 Å². The zero-order chi connectivity index (χ0) is 26.8. The predicted octanol–water partition coefficient (Wildman–Crippen LogP) is 0.200. The number of carboxylic acids is 4. The molecule has 0 unspecified atom stereocenters. The van der Waals surface area contributed by atoms with Gasteiger partial charge in [-0.15, -0.1) is 0 Å². The Morgan fingerprint density at radius 2 is 0.459 bits per heavy atom. The molecule has 0 atom stereocenters. The summed E-state index contributed by atoms with van der Waals surface area (Å²) >= 11 is 0. The fraction of sp³-hybridized carbons (Fsp3) is 0. The molecular formula is C28H20O8Th. The SMILES string of the molecule is O=C([O-])c1ccccc1.O=C([O-])c1ccccc1.O=C([O-])c1ccccc1.O=C([O-])c1ccccc1.[Th+4]. The second-order valence-electron chi connectivity index (χ2n) is 6.61. The molecule has 0 aliphatic rings. The van der Waals surface area contributed by atoms with E-state index in [-0.39, 0.29) is 62.2 Å². The summed E-state index contributed by atoms with van der Waals surface area (Å²) in [6.07, 6.45) is 0. The summed E-state index contributed by atoms with van der Waals surface area (Å²) in [5.74, 6) is -4.52. The van der Waals surface area contributed by atoms with Crippen LogP contribution in [0.5, 0.6) is 0 Å². The quantitative estimate of drug-likeness (QED) is 0.290. The van der Waals surface area contributed by atoms with Crippen molar-refractivity contribution in [2.24, 2.45) is 0 Å². The summed E-state index contributed by atoms with van der Waals surface area (Å²) in [6, 6.07) is 32.3. The molecule has 37 heavy (non-hydrogen) atoms. The Hall–Kier alpha value is -3.92. The molecule has 4 aromatic rings. The number of rotatable bonds is 4. The number of aromatic carboxylic acids is 4. The summed E-state index contributed by atoms with van der Waals surface area (Å²) in [5, 5.41) is 40.4. The molecule has 8 nitrogen and oxygen atoms in total. The van der Waals surface area contributed by atoms with Gasteiger partial charge >= 0.3 is 39.9 Å². The first kappa shape index (κ1) is 33.1. The maximum Gasteiger partial charge on any atom is 4.00 e. The molecule has 0 aliphatic carbocycles. The van der Waals surface area contributed by atoms with Gasteiger partial charge in [0.05, 0.1) is 23.9 Å². The van der Waals surface area contributed by atoms with E-state index in [9.17, 15) is 39.6 Å². The minimum absolute atomic E-state index is 0. The second-order valence-corrected chi connectivity index (χ2v) is 6.61. The average Bonchev–Trinajstić information content (AvgIpc) is 2.92. The van der Waals surface area contributed by atoms with Crippen molar-refractivity contribution in [1.29, 1.82) is 0 Å². The first-order chi connectivity index (χ1) is 17.2. The van der Waals surface area contributed by atoms with Crippen LogP contribution in [0.25, 0.3) is 0 Å². The van der Waals surface area contributed by atoms with Gasteiger partial charge in [-0.05, 0) is 22.3 Å². The zero-order valence-electron chi connectivity index (χ0n) is 19.3. The third-order valence-corrected chi connectivity index (χ3v) is 4.04. The molecular weight excluding hydrogens is 696 g/mol. The summed E-state index contributed by atoms with van der Waals surface area (Å²) in [6.45, 7) is 0. The van der Waals surface area contributed by atoms with Gasteiger partial charge in [0.25, 0.3) is 0 Å². The molecule has 0 bridgehead atoms. The number of benzene rings is 4. The van der Waals surface area contributed by atoms with Gasteiger partial charge in [-0.3, -0.25) is 0 Å². The fourth-order valence-electron chi connectivity index (χ4n) is 2.30. The molecule has 4 rings (SSSR count). The molecule has 0 heterocycles. The van der Waals surface area contributed by atoms with Crippen LogP contribution >= 0.6 is 0 Å².